The van der Waals surface area contributed by atoms with Gasteiger partial charge in [0.25, 0.3) is 5.91 Å². The van der Waals surface area contributed by atoms with E-state index in [1.54, 1.807) is 32.9 Å². The van der Waals surface area contributed by atoms with Gasteiger partial charge in [-0.1, -0.05) is 66.2 Å². The molecule has 1 spiro atoms. The standard InChI is InChI=1S/C31H32ClN3O5/c1-30-15-9-18-33(21-11-3-2-4-12-21)27(37)24(30)25-28(38)35(17-7-8-20-36)26-29(39)34(19-10-16-31(25,26)40-30)23-14-6-5-13-22(23)32/h2-6,9-16,24-26,36H,7-8,17-20H2,1H3/t24-,25+,26?,30+,31+/m1/s1. The van der Waals surface area contributed by atoms with E-state index in [0.717, 1.165) is 5.69 Å². The lowest BCUT2D eigenvalue weighted by molar-refractivity contribution is -0.144. The van der Waals surface area contributed by atoms with Crippen molar-refractivity contribution in [2.75, 3.05) is 36.0 Å². The van der Waals surface area contributed by atoms with Gasteiger partial charge in [-0.3, -0.25) is 14.4 Å². The minimum Gasteiger partial charge on any atom is -0.396 e. The molecule has 2 fully saturated rings. The zero-order chi connectivity index (χ0) is 28.1. The van der Waals surface area contributed by atoms with E-state index in [1.165, 1.54) is 0 Å². The summed E-state index contributed by atoms with van der Waals surface area (Å²) < 4.78 is 6.86. The van der Waals surface area contributed by atoms with E-state index in [4.69, 9.17) is 16.3 Å². The fourth-order valence-corrected chi connectivity index (χ4v) is 7.12. The van der Waals surface area contributed by atoms with Gasteiger partial charge in [0.2, 0.25) is 11.8 Å². The lowest BCUT2D eigenvalue weighted by Gasteiger charge is -2.37. The van der Waals surface area contributed by atoms with E-state index in [9.17, 15) is 19.5 Å². The lowest BCUT2D eigenvalue weighted by atomic mass is 9.74. The first-order valence-electron chi connectivity index (χ1n) is 13.7. The maximum Gasteiger partial charge on any atom is 0.253 e. The normalized spacial score (nSPS) is 31.2. The predicted molar refractivity (Wildman–Crippen MR) is 152 cm³/mol. The minimum absolute atomic E-state index is 0.0205. The highest BCUT2D eigenvalue weighted by Gasteiger charge is 2.74. The molecule has 9 heteroatoms. The average molecular weight is 562 g/mol. The van der Waals surface area contributed by atoms with E-state index in [0.29, 0.717) is 30.1 Å². The first-order chi connectivity index (χ1) is 19.3. The van der Waals surface area contributed by atoms with Crippen LogP contribution in [0, 0.1) is 11.8 Å². The van der Waals surface area contributed by atoms with Gasteiger partial charge < -0.3 is 24.5 Å². The molecule has 1 unspecified atom stereocenters. The SMILES string of the molecule is C[C@]12C=CCN(c3ccccc3)C(=O)[C@H]1[C@H]1C(=O)N(CCCCO)C3C(=O)N(c4ccccc4Cl)CC=C[C@@]31O2. The second-order valence-corrected chi connectivity index (χ2v) is 11.4. The largest absolute Gasteiger partial charge is 0.396 e. The Morgan fingerprint density at radius 2 is 1.57 bits per heavy atom. The minimum atomic E-state index is -1.34. The molecule has 2 aromatic carbocycles. The van der Waals surface area contributed by atoms with Crippen LogP contribution in [-0.2, 0) is 19.1 Å². The molecule has 8 nitrogen and oxygen atoms in total. The monoisotopic (exact) mass is 561 g/mol. The summed E-state index contributed by atoms with van der Waals surface area (Å²) in [5.41, 5.74) is -1.16. The fourth-order valence-electron chi connectivity index (χ4n) is 6.88. The summed E-state index contributed by atoms with van der Waals surface area (Å²) in [7, 11) is 0. The van der Waals surface area contributed by atoms with Crippen LogP contribution >= 0.6 is 11.6 Å². The maximum absolute atomic E-state index is 14.4. The number of nitrogens with zero attached hydrogens (tertiary/aromatic N) is 3. The highest BCUT2D eigenvalue weighted by atomic mass is 35.5. The van der Waals surface area contributed by atoms with Gasteiger partial charge in [0.15, 0.2) is 0 Å². The van der Waals surface area contributed by atoms with Crippen molar-refractivity contribution in [1.82, 2.24) is 4.90 Å². The number of rotatable bonds is 6. The molecule has 0 radical (unpaired) electrons. The molecule has 0 aliphatic carbocycles. The van der Waals surface area contributed by atoms with Gasteiger partial charge in [0.1, 0.15) is 11.6 Å². The summed E-state index contributed by atoms with van der Waals surface area (Å²) in [4.78, 5) is 48.0. The van der Waals surface area contributed by atoms with Crippen LogP contribution in [0.15, 0.2) is 78.9 Å². The Bertz CT molecular complexity index is 1400. The summed E-state index contributed by atoms with van der Waals surface area (Å²) in [6.07, 6.45) is 8.44. The van der Waals surface area contributed by atoms with Crippen LogP contribution in [0.2, 0.25) is 5.02 Å². The molecule has 6 rings (SSSR count). The summed E-state index contributed by atoms with van der Waals surface area (Å²) in [6, 6.07) is 15.5. The average Bonchev–Trinajstić information content (AvgIpc) is 3.21. The number of anilines is 2. The number of aliphatic hydroxyl groups is 1. The number of fused-ring (bicyclic) bond motifs is 2. The topological polar surface area (TPSA) is 90.4 Å². The number of hydrogen-bond acceptors (Lipinski definition) is 5. The molecule has 2 saturated heterocycles. The summed E-state index contributed by atoms with van der Waals surface area (Å²) in [5.74, 6) is -2.54. The number of aliphatic hydroxyl groups excluding tert-OH is 1. The van der Waals surface area contributed by atoms with Gasteiger partial charge in [-0.15, -0.1) is 0 Å². The second kappa shape index (κ2) is 10.2. The molecule has 4 aliphatic heterocycles. The van der Waals surface area contributed by atoms with Gasteiger partial charge in [-0.2, -0.15) is 0 Å². The number of benzene rings is 2. The summed E-state index contributed by atoms with van der Waals surface area (Å²) >= 11 is 6.51. The number of hydrogen-bond donors (Lipinski definition) is 1. The number of para-hydroxylation sites is 2. The molecule has 40 heavy (non-hydrogen) atoms. The van der Waals surface area contributed by atoms with Crippen molar-refractivity contribution >= 4 is 40.7 Å². The number of carbonyl (C=O) groups is 3. The molecule has 3 amide bonds. The number of halogens is 1. The number of likely N-dealkylation sites (tertiary alicyclic amines) is 1. The Labute approximate surface area is 238 Å². The highest BCUT2D eigenvalue weighted by molar-refractivity contribution is 6.34. The van der Waals surface area contributed by atoms with E-state index < -0.39 is 29.1 Å². The molecule has 0 saturated carbocycles. The lowest BCUT2D eigenvalue weighted by Crippen LogP contribution is -2.56. The van der Waals surface area contributed by atoms with Crippen molar-refractivity contribution in [1.29, 1.82) is 0 Å². The maximum atomic E-state index is 14.4. The van der Waals surface area contributed by atoms with Crippen LogP contribution < -0.4 is 9.80 Å². The third-order valence-electron chi connectivity index (χ3n) is 8.58. The van der Waals surface area contributed by atoms with Crippen LogP contribution in [0.25, 0.3) is 0 Å². The summed E-state index contributed by atoms with van der Waals surface area (Å²) in [5, 5.41) is 9.85. The summed E-state index contributed by atoms with van der Waals surface area (Å²) in [6.45, 7) is 2.68. The van der Waals surface area contributed by atoms with E-state index in [-0.39, 0.29) is 37.4 Å². The molecule has 4 heterocycles. The highest BCUT2D eigenvalue weighted by Crippen LogP contribution is 2.57. The van der Waals surface area contributed by atoms with Gasteiger partial charge >= 0.3 is 0 Å². The van der Waals surface area contributed by atoms with E-state index in [1.807, 2.05) is 67.6 Å². The quantitative estimate of drug-likeness (QED) is 0.430. The molecular weight excluding hydrogens is 530 g/mol. The fraction of sp³-hybridized carbons (Fsp3) is 0.387. The van der Waals surface area contributed by atoms with Crippen LogP contribution in [0.1, 0.15) is 19.8 Å². The van der Waals surface area contributed by atoms with E-state index in [2.05, 4.69) is 0 Å². The molecule has 2 aromatic rings. The number of carbonyl (C=O) groups excluding carboxylic acids is 3. The Hall–Kier alpha value is -3.46. The van der Waals surface area contributed by atoms with Crippen molar-refractivity contribution < 1.29 is 24.2 Å². The first-order valence-corrected chi connectivity index (χ1v) is 14.1. The molecule has 208 valence electrons. The van der Waals surface area contributed by atoms with Gasteiger partial charge in [0, 0.05) is 31.9 Å². The molecule has 5 atom stereocenters. The van der Waals surface area contributed by atoms with Crippen LogP contribution in [0.5, 0.6) is 0 Å². The smallest absolute Gasteiger partial charge is 0.253 e. The zero-order valence-corrected chi connectivity index (χ0v) is 23.0. The Balaban J connectivity index is 1.47. The Morgan fingerprint density at radius 3 is 2.33 bits per heavy atom. The van der Waals surface area contributed by atoms with Gasteiger partial charge in [0.05, 0.1) is 28.1 Å². The Kier molecular flexibility index (Phi) is 6.81. The molecular formula is C31H32ClN3O5. The third-order valence-corrected chi connectivity index (χ3v) is 8.89. The number of unbranched alkanes of at least 4 members (excludes halogenated alkanes) is 1. The zero-order valence-electron chi connectivity index (χ0n) is 22.3. The van der Waals surface area contributed by atoms with Crippen molar-refractivity contribution in [3.05, 3.63) is 83.9 Å². The van der Waals surface area contributed by atoms with Crippen molar-refractivity contribution in [2.24, 2.45) is 11.8 Å². The number of amides is 3. The molecule has 4 aliphatic rings. The number of ether oxygens (including phenoxy) is 1. The van der Waals surface area contributed by atoms with Gasteiger partial charge in [-0.05, 0) is 44.0 Å². The molecule has 0 aromatic heterocycles. The predicted octanol–water partition coefficient (Wildman–Crippen LogP) is 3.59. The first kappa shape index (κ1) is 26.7. The van der Waals surface area contributed by atoms with Crippen molar-refractivity contribution in [2.45, 2.75) is 37.0 Å². The second-order valence-electron chi connectivity index (χ2n) is 10.9. The van der Waals surface area contributed by atoms with Crippen LogP contribution in [0.3, 0.4) is 0 Å². The van der Waals surface area contributed by atoms with Gasteiger partial charge in [-0.25, -0.2) is 0 Å². The van der Waals surface area contributed by atoms with Crippen molar-refractivity contribution in [3.63, 3.8) is 0 Å². The van der Waals surface area contributed by atoms with E-state index >= 15 is 0 Å². The molecule has 1 N–H and O–H groups in total. The third kappa shape index (κ3) is 4.00. The molecule has 0 bridgehead atoms. The van der Waals surface area contributed by atoms with Crippen LogP contribution in [-0.4, -0.2) is 71.2 Å². The van der Waals surface area contributed by atoms with Crippen LogP contribution in [0.4, 0.5) is 11.4 Å². The van der Waals surface area contributed by atoms with Crippen molar-refractivity contribution in [3.8, 4) is 0 Å². The Morgan fingerprint density at radius 1 is 0.875 bits per heavy atom.